The van der Waals surface area contributed by atoms with E-state index >= 15 is 0 Å². The molecule has 0 amide bonds. The number of aliphatic imine (C=N–C) groups is 1. The number of hydrogen-bond donors (Lipinski definition) is 2. The first kappa shape index (κ1) is 22.4. The molecule has 26 heavy (non-hydrogen) atoms. The summed E-state index contributed by atoms with van der Waals surface area (Å²) in [6.45, 7) is 7.23. The van der Waals surface area contributed by atoms with Crippen molar-refractivity contribution in [1.82, 2.24) is 20.4 Å². The first-order valence-corrected chi connectivity index (χ1v) is 8.64. The van der Waals surface area contributed by atoms with Crippen molar-refractivity contribution in [3.8, 4) is 0 Å². The Bertz CT molecular complexity index is 699. The van der Waals surface area contributed by atoms with Gasteiger partial charge in [0.25, 0.3) is 0 Å². The van der Waals surface area contributed by atoms with E-state index in [1.54, 1.807) is 14.2 Å². The van der Waals surface area contributed by atoms with Gasteiger partial charge in [-0.05, 0) is 37.5 Å². The lowest BCUT2D eigenvalue weighted by Crippen LogP contribution is -2.37. The van der Waals surface area contributed by atoms with Crippen LogP contribution < -0.4 is 10.6 Å². The van der Waals surface area contributed by atoms with E-state index in [1.165, 1.54) is 16.8 Å². The third-order valence-electron chi connectivity index (χ3n) is 3.93. The molecule has 144 valence electrons. The maximum absolute atomic E-state index is 5.18. The van der Waals surface area contributed by atoms with Crippen molar-refractivity contribution in [2.75, 3.05) is 20.7 Å². The van der Waals surface area contributed by atoms with Gasteiger partial charge in [-0.25, -0.2) is 0 Å². The van der Waals surface area contributed by atoms with Crippen molar-refractivity contribution >= 4 is 29.9 Å². The van der Waals surface area contributed by atoms with Crippen LogP contribution >= 0.6 is 24.0 Å². The van der Waals surface area contributed by atoms with Crippen molar-refractivity contribution < 1.29 is 4.74 Å². The molecule has 0 aliphatic carbocycles. The van der Waals surface area contributed by atoms with Crippen LogP contribution in [0, 0.1) is 13.8 Å². The van der Waals surface area contributed by atoms with Crippen LogP contribution in [-0.2, 0) is 24.4 Å². The fourth-order valence-electron chi connectivity index (χ4n) is 2.74. The summed E-state index contributed by atoms with van der Waals surface area (Å²) in [6, 6.07) is 10.5. The zero-order valence-corrected chi connectivity index (χ0v) is 18.4. The van der Waals surface area contributed by atoms with Gasteiger partial charge in [-0.15, -0.1) is 24.0 Å². The fourth-order valence-corrected chi connectivity index (χ4v) is 2.74. The van der Waals surface area contributed by atoms with Crippen LogP contribution in [0.5, 0.6) is 0 Å². The number of methoxy groups -OCH3 is 1. The summed E-state index contributed by atoms with van der Waals surface area (Å²) in [5, 5.41) is 11.2. The zero-order chi connectivity index (χ0) is 18.1. The fraction of sp³-hybridized carbons (Fsp3) is 0.474. The van der Waals surface area contributed by atoms with Crippen molar-refractivity contribution in [3.63, 3.8) is 0 Å². The monoisotopic (exact) mass is 471 g/mol. The van der Waals surface area contributed by atoms with Crippen molar-refractivity contribution in [1.29, 1.82) is 0 Å². The van der Waals surface area contributed by atoms with Gasteiger partial charge in [-0.3, -0.25) is 9.67 Å². The lowest BCUT2D eigenvalue weighted by Gasteiger charge is -2.13. The molecule has 2 aromatic rings. The molecule has 7 heteroatoms. The topological polar surface area (TPSA) is 63.5 Å². The minimum Gasteiger partial charge on any atom is -0.380 e. The molecular weight excluding hydrogens is 441 g/mol. The number of nitrogens with zero attached hydrogens (tertiary/aromatic N) is 3. The van der Waals surface area contributed by atoms with E-state index in [2.05, 4.69) is 62.7 Å². The summed E-state index contributed by atoms with van der Waals surface area (Å²) in [6.07, 6.45) is 0.992. The average molecular weight is 471 g/mol. The van der Waals surface area contributed by atoms with Crippen LogP contribution in [0.15, 0.2) is 35.3 Å². The van der Waals surface area contributed by atoms with Gasteiger partial charge in [0.2, 0.25) is 0 Å². The van der Waals surface area contributed by atoms with E-state index in [1.807, 2.05) is 6.92 Å². The second-order valence-corrected chi connectivity index (χ2v) is 6.11. The molecule has 0 fully saturated rings. The number of ether oxygens (including phenoxy) is 1. The summed E-state index contributed by atoms with van der Waals surface area (Å²) in [5.74, 6) is 0.811. The molecule has 1 aromatic carbocycles. The molecule has 0 aliphatic heterocycles. The quantitative estimate of drug-likeness (QED) is 0.269. The number of guanidine groups is 1. The molecule has 0 saturated carbocycles. The molecule has 1 aromatic heterocycles. The molecule has 0 atom stereocenters. The Labute approximate surface area is 173 Å². The minimum absolute atomic E-state index is 0. The standard InChI is InChI=1S/C19H29N5O.HI/c1-15-11-16(2)24(23-15)10-6-9-21-19(20-3)22-13-17-7-5-8-18(12-17)14-25-4;/h5,7-8,11-12H,6,9-10,13-14H2,1-4H3,(H2,20,21,22);1H. The summed E-state index contributed by atoms with van der Waals surface area (Å²) < 4.78 is 7.23. The van der Waals surface area contributed by atoms with E-state index in [9.17, 15) is 0 Å². The first-order chi connectivity index (χ1) is 12.1. The Morgan fingerprint density at radius 2 is 1.96 bits per heavy atom. The number of aromatic nitrogens is 2. The van der Waals surface area contributed by atoms with Crippen LogP contribution in [-0.4, -0.2) is 36.4 Å². The zero-order valence-electron chi connectivity index (χ0n) is 16.1. The van der Waals surface area contributed by atoms with Crippen molar-refractivity contribution in [2.24, 2.45) is 4.99 Å². The van der Waals surface area contributed by atoms with Crippen LogP contribution in [0.25, 0.3) is 0 Å². The molecule has 0 bridgehead atoms. The van der Waals surface area contributed by atoms with Gasteiger partial charge >= 0.3 is 0 Å². The van der Waals surface area contributed by atoms with Crippen LogP contribution in [0.3, 0.4) is 0 Å². The first-order valence-electron chi connectivity index (χ1n) is 8.64. The molecule has 6 nitrogen and oxygen atoms in total. The Balaban J connectivity index is 0.00000338. The van der Waals surface area contributed by atoms with Gasteiger partial charge in [-0.1, -0.05) is 24.3 Å². The Kier molecular flexibility index (Phi) is 10.3. The van der Waals surface area contributed by atoms with Gasteiger partial charge in [-0.2, -0.15) is 5.10 Å². The second kappa shape index (κ2) is 11.9. The largest absolute Gasteiger partial charge is 0.380 e. The number of rotatable bonds is 8. The Hall–Kier alpha value is -1.61. The van der Waals surface area contributed by atoms with E-state index in [0.29, 0.717) is 6.61 Å². The van der Waals surface area contributed by atoms with Crippen LogP contribution in [0.4, 0.5) is 0 Å². The van der Waals surface area contributed by atoms with E-state index in [-0.39, 0.29) is 24.0 Å². The number of halogens is 1. The second-order valence-electron chi connectivity index (χ2n) is 6.11. The van der Waals surface area contributed by atoms with Gasteiger partial charge in [0.05, 0.1) is 12.3 Å². The molecule has 0 spiro atoms. The van der Waals surface area contributed by atoms with Crippen molar-refractivity contribution in [3.05, 3.63) is 52.8 Å². The molecule has 0 saturated heterocycles. The number of hydrogen-bond acceptors (Lipinski definition) is 3. The summed E-state index contributed by atoms with van der Waals surface area (Å²) in [4.78, 5) is 4.28. The lowest BCUT2D eigenvalue weighted by atomic mass is 10.1. The van der Waals surface area contributed by atoms with E-state index < -0.39 is 0 Å². The average Bonchev–Trinajstić information content (AvgIpc) is 2.92. The maximum atomic E-state index is 5.18. The molecule has 0 radical (unpaired) electrons. The van der Waals surface area contributed by atoms with Gasteiger partial charge < -0.3 is 15.4 Å². The van der Waals surface area contributed by atoms with Crippen LogP contribution in [0.2, 0.25) is 0 Å². The molecule has 1 heterocycles. The predicted molar refractivity (Wildman–Crippen MR) is 117 cm³/mol. The van der Waals surface area contributed by atoms with Gasteiger partial charge in [0.15, 0.2) is 5.96 Å². The van der Waals surface area contributed by atoms with E-state index in [0.717, 1.165) is 37.7 Å². The van der Waals surface area contributed by atoms with Crippen molar-refractivity contribution in [2.45, 2.75) is 40.0 Å². The predicted octanol–water partition coefficient (Wildman–Crippen LogP) is 3.02. The highest BCUT2D eigenvalue weighted by Gasteiger charge is 2.02. The number of benzene rings is 1. The third kappa shape index (κ3) is 7.33. The number of nitrogens with one attached hydrogen (secondary N) is 2. The lowest BCUT2D eigenvalue weighted by molar-refractivity contribution is 0.185. The minimum atomic E-state index is 0. The molecule has 0 aliphatic rings. The van der Waals surface area contributed by atoms with E-state index in [4.69, 9.17) is 4.74 Å². The molecule has 0 unspecified atom stereocenters. The summed E-state index contributed by atoms with van der Waals surface area (Å²) >= 11 is 0. The highest BCUT2D eigenvalue weighted by molar-refractivity contribution is 14.0. The van der Waals surface area contributed by atoms with Gasteiger partial charge in [0.1, 0.15) is 0 Å². The highest BCUT2D eigenvalue weighted by atomic mass is 127. The Morgan fingerprint density at radius 3 is 2.62 bits per heavy atom. The summed E-state index contributed by atoms with van der Waals surface area (Å²) in [7, 11) is 3.50. The van der Waals surface area contributed by atoms with Gasteiger partial charge in [0, 0.05) is 39.5 Å². The SMILES string of the molecule is CN=C(NCCCn1nc(C)cc1C)NCc1cccc(COC)c1.I. The van der Waals surface area contributed by atoms with Crippen LogP contribution in [0.1, 0.15) is 28.9 Å². The molecule has 2 N–H and O–H groups in total. The highest BCUT2D eigenvalue weighted by Crippen LogP contribution is 2.06. The number of aryl methyl sites for hydroxylation is 3. The third-order valence-corrected chi connectivity index (χ3v) is 3.93. The Morgan fingerprint density at radius 1 is 1.19 bits per heavy atom. The molecular formula is C19H30IN5O. The summed E-state index contributed by atoms with van der Waals surface area (Å²) in [5.41, 5.74) is 4.66. The molecule has 2 rings (SSSR count). The normalized spacial score (nSPS) is 11.2. The maximum Gasteiger partial charge on any atom is 0.191 e. The smallest absolute Gasteiger partial charge is 0.191 e.